The number of aliphatic hydroxyl groups excluding tert-OH is 1. The molecule has 0 fully saturated rings. The molecule has 2 aromatic heterocycles. The summed E-state index contributed by atoms with van der Waals surface area (Å²) in [5.41, 5.74) is 4.28. The third-order valence-electron chi connectivity index (χ3n) is 5.70. The zero-order valence-electron chi connectivity index (χ0n) is 17.5. The molecule has 0 spiro atoms. The molecule has 0 unspecified atom stereocenters. The molecule has 10 nitrogen and oxygen atoms in total. The van der Waals surface area contributed by atoms with Gasteiger partial charge in [-0.15, -0.1) is 0 Å². The van der Waals surface area contributed by atoms with Crippen molar-refractivity contribution in [3.63, 3.8) is 0 Å². The van der Waals surface area contributed by atoms with Crippen LogP contribution < -0.4 is 20.9 Å². The first-order valence-corrected chi connectivity index (χ1v) is 10.4. The summed E-state index contributed by atoms with van der Waals surface area (Å²) >= 11 is 0. The quantitative estimate of drug-likeness (QED) is 0.224. The third kappa shape index (κ3) is 3.60. The van der Waals surface area contributed by atoms with Gasteiger partial charge in [-0.3, -0.25) is 14.9 Å². The van der Waals surface area contributed by atoms with Crippen LogP contribution in [0, 0.1) is 0 Å². The molecule has 2 aliphatic heterocycles. The predicted octanol–water partition coefficient (Wildman–Crippen LogP) is 1.97. The first-order chi connectivity index (χ1) is 16.1. The number of benzene rings is 1. The van der Waals surface area contributed by atoms with E-state index in [0.29, 0.717) is 59.8 Å². The van der Waals surface area contributed by atoms with E-state index in [1.54, 1.807) is 28.8 Å². The molecule has 0 saturated carbocycles. The van der Waals surface area contributed by atoms with Crippen LogP contribution in [0.25, 0.3) is 28.4 Å². The molecule has 2 amide bonds. The van der Waals surface area contributed by atoms with Crippen molar-refractivity contribution in [1.29, 1.82) is 0 Å². The Bertz CT molecular complexity index is 1380. The third-order valence-corrected chi connectivity index (χ3v) is 5.70. The summed E-state index contributed by atoms with van der Waals surface area (Å²) in [4.78, 5) is 40.1. The van der Waals surface area contributed by atoms with Crippen LogP contribution in [0.1, 0.15) is 23.1 Å². The fraction of sp³-hybridized carbons (Fsp3) is 0.217. The van der Waals surface area contributed by atoms with E-state index in [4.69, 9.17) is 19.6 Å². The molecule has 10 heteroatoms. The lowest BCUT2D eigenvalue weighted by atomic mass is 9.99. The Morgan fingerprint density at radius 2 is 2.15 bits per heavy atom. The summed E-state index contributed by atoms with van der Waals surface area (Å²) in [5, 5.41) is 15.2. The number of carbonyl (C=O) groups is 2. The zero-order chi connectivity index (χ0) is 22.9. The number of nitrogens with zero attached hydrogens (tertiary/aromatic N) is 2. The number of anilines is 1. The SMILES string of the molecule is O=CNCC/C=C\c1c2c(nc3ccc(OCO)cc13)-c1cc3c(c(=O)n1C2)COC(=O)N3. The highest BCUT2D eigenvalue weighted by atomic mass is 16.6. The molecule has 168 valence electrons. The fourth-order valence-electron chi connectivity index (χ4n) is 4.20. The molecule has 2 aliphatic rings. The maximum absolute atomic E-state index is 13.2. The summed E-state index contributed by atoms with van der Waals surface area (Å²) in [5.74, 6) is 0.493. The van der Waals surface area contributed by atoms with Crippen LogP contribution in [0.15, 0.2) is 35.1 Å². The van der Waals surface area contributed by atoms with E-state index >= 15 is 0 Å². The monoisotopic (exact) mass is 448 g/mol. The number of amides is 2. The Morgan fingerprint density at radius 3 is 2.97 bits per heavy atom. The van der Waals surface area contributed by atoms with Crippen molar-refractivity contribution >= 4 is 35.2 Å². The van der Waals surface area contributed by atoms with Gasteiger partial charge in [0.25, 0.3) is 5.56 Å². The standard InChI is InChI=1S/C23H20N4O6/c28-11-24-6-2-1-3-14-15-7-13(33-12-29)4-5-18(15)25-21-16(14)9-27-20(21)8-19-17(22(27)30)10-32-23(31)26-19/h1,3-5,7-8,11,29H,2,6,9-10,12H2,(H,24,28)(H,26,31)/b3-1-. The van der Waals surface area contributed by atoms with Gasteiger partial charge in [0.15, 0.2) is 6.79 Å². The minimum atomic E-state index is -0.597. The lowest BCUT2D eigenvalue weighted by molar-refractivity contribution is -0.109. The van der Waals surface area contributed by atoms with Gasteiger partial charge in [-0.1, -0.05) is 12.2 Å². The molecule has 0 radical (unpaired) electrons. The Balaban J connectivity index is 1.68. The van der Waals surface area contributed by atoms with Crippen LogP contribution in [0.4, 0.5) is 10.5 Å². The Labute approximate surface area is 187 Å². The van der Waals surface area contributed by atoms with E-state index < -0.39 is 12.9 Å². The van der Waals surface area contributed by atoms with Crippen molar-refractivity contribution < 1.29 is 24.2 Å². The van der Waals surface area contributed by atoms with Crippen LogP contribution in [0.5, 0.6) is 5.75 Å². The van der Waals surface area contributed by atoms with Gasteiger partial charge in [0, 0.05) is 17.5 Å². The second-order valence-corrected chi connectivity index (χ2v) is 7.58. The van der Waals surface area contributed by atoms with E-state index in [9.17, 15) is 14.4 Å². The van der Waals surface area contributed by atoms with Gasteiger partial charge >= 0.3 is 6.09 Å². The van der Waals surface area contributed by atoms with Crippen molar-refractivity contribution in [1.82, 2.24) is 14.9 Å². The molecule has 5 rings (SSSR count). The number of hydrogen-bond acceptors (Lipinski definition) is 7. The van der Waals surface area contributed by atoms with Gasteiger partial charge in [-0.25, -0.2) is 9.78 Å². The molecular weight excluding hydrogens is 428 g/mol. The van der Waals surface area contributed by atoms with E-state index in [-0.39, 0.29) is 12.2 Å². The average Bonchev–Trinajstić information content (AvgIpc) is 3.17. The zero-order valence-corrected chi connectivity index (χ0v) is 17.5. The Kier molecular flexibility index (Phi) is 5.27. The van der Waals surface area contributed by atoms with Crippen molar-refractivity contribution in [3.05, 3.63) is 57.4 Å². The molecule has 0 saturated heterocycles. The van der Waals surface area contributed by atoms with Crippen LogP contribution in [0.3, 0.4) is 0 Å². The summed E-state index contributed by atoms with van der Waals surface area (Å²) in [6.07, 6.45) is 4.56. The van der Waals surface area contributed by atoms with E-state index in [1.807, 2.05) is 12.2 Å². The predicted molar refractivity (Wildman–Crippen MR) is 120 cm³/mol. The Morgan fingerprint density at radius 1 is 1.27 bits per heavy atom. The lowest BCUT2D eigenvalue weighted by Crippen LogP contribution is -2.30. The van der Waals surface area contributed by atoms with Crippen molar-refractivity contribution in [3.8, 4) is 17.1 Å². The fourth-order valence-corrected chi connectivity index (χ4v) is 4.20. The first kappa shape index (κ1) is 20.7. The maximum Gasteiger partial charge on any atom is 0.411 e. The molecule has 3 N–H and O–H groups in total. The van der Waals surface area contributed by atoms with Gasteiger partial charge in [-0.05, 0) is 36.2 Å². The summed E-state index contributed by atoms with van der Waals surface area (Å²) in [6.45, 7) is 0.276. The van der Waals surface area contributed by atoms with E-state index in [2.05, 4.69) is 10.6 Å². The largest absolute Gasteiger partial charge is 0.468 e. The Hall–Kier alpha value is -4.18. The van der Waals surface area contributed by atoms with Crippen LogP contribution in [-0.4, -0.2) is 40.5 Å². The number of carbonyl (C=O) groups excluding carboxylic acids is 2. The smallest absolute Gasteiger partial charge is 0.411 e. The molecule has 4 heterocycles. The van der Waals surface area contributed by atoms with Gasteiger partial charge in [0.2, 0.25) is 6.41 Å². The van der Waals surface area contributed by atoms with Crippen LogP contribution in [0.2, 0.25) is 0 Å². The van der Waals surface area contributed by atoms with Gasteiger partial charge in [0.1, 0.15) is 12.4 Å². The highest BCUT2D eigenvalue weighted by Gasteiger charge is 2.30. The minimum absolute atomic E-state index is 0.0790. The summed E-state index contributed by atoms with van der Waals surface area (Å²) < 4.78 is 11.9. The maximum atomic E-state index is 13.2. The summed E-state index contributed by atoms with van der Waals surface area (Å²) in [6, 6.07) is 7.06. The second-order valence-electron chi connectivity index (χ2n) is 7.58. The van der Waals surface area contributed by atoms with Gasteiger partial charge < -0.3 is 24.5 Å². The topological polar surface area (TPSA) is 132 Å². The van der Waals surface area contributed by atoms with Gasteiger partial charge in [0.05, 0.1) is 34.7 Å². The second kappa shape index (κ2) is 8.40. The van der Waals surface area contributed by atoms with Crippen molar-refractivity contribution in [2.75, 3.05) is 18.7 Å². The number of ether oxygens (including phenoxy) is 2. The van der Waals surface area contributed by atoms with Gasteiger partial charge in [-0.2, -0.15) is 0 Å². The highest BCUT2D eigenvalue weighted by molar-refractivity contribution is 5.95. The molecule has 3 aromatic rings. The molecule has 1 aromatic carbocycles. The van der Waals surface area contributed by atoms with Crippen molar-refractivity contribution in [2.45, 2.75) is 19.6 Å². The number of hydrogen-bond donors (Lipinski definition) is 3. The highest BCUT2D eigenvalue weighted by Crippen LogP contribution is 2.38. The molecule has 0 atom stereocenters. The van der Waals surface area contributed by atoms with E-state index in [1.165, 1.54) is 0 Å². The first-order valence-electron chi connectivity index (χ1n) is 10.4. The lowest BCUT2D eigenvalue weighted by Gasteiger charge is -2.18. The number of nitrogens with one attached hydrogen (secondary N) is 2. The van der Waals surface area contributed by atoms with E-state index in [0.717, 1.165) is 16.5 Å². The van der Waals surface area contributed by atoms with Crippen LogP contribution in [-0.2, 0) is 22.7 Å². The molecule has 0 aliphatic carbocycles. The number of cyclic esters (lactones) is 1. The normalized spacial score (nSPS) is 13.8. The number of rotatable bonds is 7. The average molecular weight is 448 g/mol. The molecule has 33 heavy (non-hydrogen) atoms. The minimum Gasteiger partial charge on any atom is -0.468 e. The molecule has 0 bridgehead atoms. The number of aliphatic hydroxyl groups is 1. The molecular formula is C23H20N4O6. The number of pyridine rings is 2. The number of fused-ring (bicyclic) bond motifs is 5. The van der Waals surface area contributed by atoms with Crippen LogP contribution >= 0.6 is 0 Å². The number of aromatic nitrogens is 2. The van der Waals surface area contributed by atoms with Crippen molar-refractivity contribution in [2.24, 2.45) is 0 Å². The summed E-state index contributed by atoms with van der Waals surface area (Å²) in [7, 11) is 0.